The van der Waals surface area contributed by atoms with E-state index in [9.17, 15) is 13.6 Å². The lowest BCUT2D eigenvalue weighted by Crippen LogP contribution is -2.53. The number of carbonyl (C=O) groups excluding carboxylic acids is 1. The summed E-state index contributed by atoms with van der Waals surface area (Å²) in [6.07, 6.45) is -0.285. The molecule has 0 bridgehead atoms. The smallest absolute Gasteiger partial charge is 0.267 e. The number of carbonyl (C=O) groups is 1. The van der Waals surface area contributed by atoms with Gasteiger partial charge in [-0.3, -0.25) is 4.79 Å². The third-order valence-electron chi connectivity index (χ3n) is 3.15. The topological polar surface area (TPSA) is 41.6 Å². The van der Waals surface area contributed by atoms with Crippen LogP contribution in [0.2, 0.25) is 0 Å². The fourth-order valence-corrected chi connectivity index (χ4v) is 2.19. The lowest BCUT2D eigenvalue weighted by Gasteiger charge is -2.32. The molecule has 2 fully saturated rings. The molecule has 0 radical (unpaired) electrons. The maximum absolute atomic E-state index is 13.2. The third kappa shape index (κ3) is 2.17. The number of rotatable bonds is 3. The zero-order valence-electron chi connectivity index (χ0n) is 9.21. The molecule has 1 amide bonds. The Bertz CT molecular complexity index is 282. The number of methoxy groups -OCH3 is 1. The average molecular weight is 234 g/mol. The lowest BCUT2D eigenvalue weighted by atomic mass is 10.0. The highest BCUT2D eigenvalue weighted by atomic mass is 19.3. The van der Waals surface area contributed by atoms with Gasteiger partial charge in [-0.2, -0.15) is 0 Å². The second-order valence-electron chi connectivity index (χ2n) is 4.49. The van der Waals surface area contributed by atoms with Crippen molar-refractivity contribution in [3.63, 3.8) is 0 Å². The van der Waals surface area contributed by atoms with Crippen LogP contribution in [0.4, 0.5) is 8.78 Å². The van der Waals surface area contributed by atoms with Gasteiger partial charge in [0.25, 0.3) is 5.92 Å². The van der Waals surface area contributed by atoms with Crippen molar-refractivity contribution in [1.82, 2.24) is 10.2 Å². The van der Waals surface area contributed by atoms with Gasteiger partial charge in [0.1, 0.15) is 0 Å². The highest BCUT2D eigenvalue weighted by Gasteiger charge is 2.48. The predicted molar refractivity (Wildman–Crippen MR) is 53.3 cm³/mol. The van der Waals surface area contributed by atoms with Crippen molar-refractivity contribution >= 4 is 5.91 Å². The van der Waals surface area contributed by atoms with Gasteiger partial charge < -0.3 is 15.0 Å². The molecule has 2 rings (SSSR count). The van der Waals surface area contributed by atoms with Gasteiger partial charge in [0.2, 0.25) is 5.91 Å². The van der Waals surface area contributed by atoms with Gasteiger partial charge in [-0.25, -0.2) is 8.78 Å². The van der Waals surface area contributed by atoms with E-state index in [-0.39, 0.29) is 24.9 Å². The van der Waals surface area contributed by atoms with Crippen LogP contribution in [0, 0.1) is 5.92 Å². The molecule has 0 saturated carbocycles. The third-order valence-corrected chi connectivity index (χ3v) is 3.15. The summed E-state index contributed by atoms with van der Waals surface area (Å²) < 4.78 is 31.4. The minimum absolute atomic E-state index is 0.131. The van der Waals surface area contributed by atoms with Crippen molar-refractivity contribution in [3.8, 4) is 0 Å². The number of nitrogens with one attached hydrogen (secondary N) is 1. The molecular weight excluding hydrogens is 218 g/mol. The first-order valence-electron chi connectivity index (χ1n) is 5.41. The van der Waals surface area contributed by atoms with Crippen LogP contribution >= 0.6 is 0 Å². The van der Waals surface area contributed by atoms with Gasteiger partial charge in [0.15, 0.2) is 0 Å². The Morgan fingerprint density at radius 2 is 2.25 bits per heavy atom. The first-order chi connectivity index (χ1) is 7.53. The molecule has 0 aromatic heterocycles. The first kappa shape index (κ1) is 11.7. The molecule has 0 spiro atoms. The van der Waals surface area contributed by atoms with Crippen molar-refractivity contribution < 1.29 is 18.3 Å². The van der Waals surface area contributed by atoms with Crippen LogP contribution in [-0.2, 0) is 9.53 Å². The number of nitrogens with zero attached hydrogens (tertiary/aromatic N) is 1. The molecular formula is C10H16F2N2O2. The summed E-state index contributed by atoms with van der Waals surface area (Å²) in [7, 11) is 1.46. The molecule has 2 aliphatic heterocycles. The van der Waals surface area contributed by atoms with Crippen LogP contribution in [0.25, 0.3) is 0 Å². The van der Waals surface area contributed by atoms with Gasteiger partial charge in [-0.1, -0.05) is 0 Å². The minimum atomic E-state index is -2.77. The number of hydrogen-bond donors (Lipinski definition) is 1. The normalized spacial score (nSPS) is 29.2. The Hall–Kier alpha value is -0.750. The number of alkyl halides is 2. The second-order valence-corrected chi connectivity index (χ2v) is 4.49. The van der Waals surface area contributed by atoms with Crippen molar-refractivity contribution in [3.05, 3.63) is 0 Å². The van der Waals surface area contributed by atoms with E-state index in [0.29, 0.717) is 13.1 Å². The van der Waals surface area contributed by atoms with Crippen LogP contribution < -0.4 is 5.32 Å². The molecule has 1 N–H and O–H groups in total. The van der Waals surface area contributed by atoms with Gasteiger partial charge >= 0.3 is 0 Å². The van der Waals surface area contributed by atoms with Gasteiger partial charge in [0, 0.05) is 26.6 Å². The van der Waals surface area contributed by atoms with Crippen LogP contribution in [-0.4, -0.2) is 56.1 Å². The number of ether oxygens (including phenoxy) is 1. The zero-order valence-corrected chi connectivity index (χ0v) is 9.21. The fraction of sp³-hybridized carbons (Fsp3) is 0.900. The van der Waals surface area contributed by atoms with Gasteiger partial charge in [0.05, 0.1) is 25.1 Å². The monoisotopic (exact) mass is 234 g/mol. The van der Waals surface area contributed by atoms with E-state index in [1.807, 2.05) is 0 Å². The van der Waals surface area contributed by atoms with Crippen LogP contribution in [0.3, 0.4) is 0 Å². The van der Waals surface area contributed by atoms with Crippen LogP contribution in [0.1, 0.15) is 6.42 Å². The van der Waals surface area contributed by atoms with Gasteiger partial charge in [-0.15, -0.1) is 0 Å². The average Bonchev–Trinajstić information content (AvgIpc) is 2.39. The standard InChI is InChI=1S/C10H16F2N2O2/c1-16-5-8-2-10(11,12)6-14(8)9(15)7-3-13-4-7/h7-8,13H,2-6H2,1H3. The Balaban J connectivity index is 2.02. The summed E-state index contributed by atoms with van der Waals surface area (Å²) in [4.78, 5) is 13.2. The van der Waals surface area contributed by atoms with E-state index in [2.05, 4.69) is 5.32 Å². The molecule has 2 saturated heterocycles. The van der Waals surface area contributed by atoms with Crippen molar-refractivity contribution in [2.24, 2.45) is 5.92 Å². The van der Waals surface area contributed by atoms with E-state index in [0.717, 1.165) is 0 Å². The molecule has 0 aliphatic carbocycles. The molecule has 92 valence electrons. The highest BCUT2D eigenvalue weighted by Crippen LogP contribution is 2.33. The van der Waals surface area contributed by atoms with E-state index < -0.39 is 18.5 Å². The maximum atomic E-state index is 13.2. The first-order valence-corrected chi connectivity index (χ1v) is 5.41. The number of hydrogen-bond acceptors (Lipinski definition) is 3. The quantitative estimate of drug-likeness (QED) is 0.752. The number of halogens is 2. The molecule has 1 unspecified atom stereocenters. The molecule has 0 aromatic rings. The lowest BCUT2D eigenvalue weighted by molar-refractivity contribution is -0.140. The van der Waals surface area contributed by atoms with Crippen LogP contribution in [0.5, 0.6) is 0 Å². The molecule has 16 heavy (non-hydrogen) atoms. The van der Waals surface area contributed by atoms with Gasteiger partial charge in [-0.05, 0) is 0 Å². The highest BCUT2D eigenvalue weighted by molar-refractivity contribution is 5.81. The fourth-order valence-electron chi connectivity index (χ4n) is 2.19. The van der Waals surface area contributed by atoms with Crippen LogP contribution in [0.15, 0.2) is 0 Å². The predicted octanol–water partition coefficient (Wildman–Crippen LogP) is 0.0884. The molecule has 4 nitrogen and oxygen atoms in total. The summed E-state index contributed by atoms with van der Waals surface area (Å²) in [6, 6.07) is -0.479. The summed E-state index contributed by atoms with van der Waals surface area (Å²) in [5.74, 6) is -3.07. The number of amides is 1. The Labute approximate surface area is 92.9 Å². The summed E-state index contributed by atoms with van der Waals surface area (Å²) in [5, 5.41) is 2.97. The Morgan fingerprint density at radius 1 is 1.56 bits per heavy atom. The van der Waals surface area contributed by atoms with E-state index in [1.54, 1.807) is 0 Å². The molecule has 6 heteroatoms. The molecule has 2 heterocycles. The molecule has 2 aliphatic rings. The number of likely N-dealkylation sites (tertiary alicyclic amines) is 1. The minimum Gasteiger partial charge on any atom is -0.383 e. The Kier molecular flexibility index (Phi) is 3.12. The molecule has 1 atom stereocenters. The largest absolute Gasteiger partial charge is 0.383 e. The summed E-state index contributed by atoms with van der Waals surface area (Å²) >= 11 is 0. The molecule has 0 aromatic carbocycles. The van der Waals surface area contributed by atoms with E-state index >= 15 is 0 Å². The van der Waals surface area contributed by atoms with E-state index in [4.69, 9.17) is 4.74 Å². The van der Waals surface area contributed by atoms with E-state index in [1.165, 1.54) is 12.0 Å². The maximum Gasteiger partial charge on any atom is 0.267 e. The SMILES string of the molecule is COCC1CC(F)(F)CN1C(=O)C1CNC1. The zero-order chi connectivity index (χ0) is 11.8. The Morgan fingerprint density at radius 3 is 2.75 bits per heavy atom. The summed E-state index contributed by atoms with van der Waals surface area (Å²) in [5.41, 5.74) is 0. The summed E-state index contributed by atoms with van der Waals surface area (Å²) in [6.45, 7) is 0.916. The van der Waals surface area contributed by atoms with Crippen molar-refractivity contribution in [2.45, 2.75) is 18.4 Å². The van der Waals surface area contributed by atoms with Crippen molar-refractivity contribution in [1.29, 1.82) is 0 Å². The second kappa shape index (κ2) is 4.25. The van der Waals surface area contributed by atoms with Crippen molar-refractivity contribution in [2.75, 3.05) is 33.4 Å².